The zero-order valence-electron chi connectivity index (χ0n) is 8.69. The molecule has 1 nitrogen and oxygen atoms in total. The minimum Gasteiger partial charge on any atom is -0.324 e. The lowest BCUT2D eigenvalue weighted by Crippen LogP contribution is -2.07. The summed E-state index contributed by atoms with van der Waals surface area (Å²) >= 11 is 1.86. The Hall–Kier alpha value is -0.180. The van der Waals surface area contributed by atoms with Gasteiger partial charge >= 0.3 is 0 Å². The summed E-state index contributed by atoms with van der Waals surface area (Å²) in [6.07, 6.45) is 1.00. The molecule has 1 aromatic rings. The van der Waals surface area contributed by atoms with Crippen molar-refractivity contribution < 1.29 is 0 Å². The summed E-state index contributed by atoms with van der Waals surface area (Å²) in [7, 11) is 0. The van der Waals surface area contributed by atoms with Crippen LogP contribution in [0.2, 0.25) is 0 Å². The summed E-state index contributed by atoms with van der Waals surface area (Å²) < 4.78 is 0. The van der Waals surface area contributed by atoms with E-state index in [9.17, 15) is 0 Å². The second-order valence-electron chi connectivity index (χ2n) is 3.02. The van der Waals surface area contributed by atoms with E-state index >= 15 is 0 Å². The molecular weight excluding hydrogens is 214 g/mol. The highest BCUT2D eigenvalue weighted by Crippen LogP contribution is 2.20. The van der Waals surface area contributed by atoms with E-state index in [2.05, 4.69) is 38.1 Å². The lowest BCUT2D eigenvalue weighted by atomic mass is 10.1. The number of thioether (sulfide) groups is 1. The standard InChI is InChI=1S/C11H17NS.ClH/c1-3-11(12)9-5-7-10(8-6-9)13-4-2;/h5-8,11H,3-4,12H2,1-2H3;1H/t11-;/m1./s1. The number of nitrogens with two attached hydrogens (primary N) is 1. The summed E-state index contributed by atoms with van der Waals surface area (Å²) in [4.78, 5) is 1.33. The molecule has 0 radical (unpaired) electrons. The van der Waals surface area contributed by atoms with Gasteiger partial charge in [-0.15, -0.1) is 24.2 Å². The van der Waals surface area contributed by atoms with Gasteiger partial charge in [0, 0.05) is 10.9 Å². The molecule has 0 spiro atoms. The molecule has 1 rings (SSSR count). The van der Waals surface area contributed by atoms with E-state index in [1.165, 1.54) is 10.5 Å². The van der Waals surface area contributed by atoms with Crippen molar-refractivity contribution in [2.75, 3.05) is 5.75 Å². The van der Waals surface area contributed by atoms with Crippen molar-refractivity contribution in [1.82, 2.24) is 0 Å². The van der Waals surface area contributed by atoms with Crippen molar-refractivity contribution in [3.05, 3.63) is 29.8 Å². The zero-order valence-corrected chi connectivity index (χ0v) is 10.3. The molecule has 0 saturated carbocycles. The smallest absolute Gasteiger partial charge is 0.0292 e. The molecule has 14 heavy (non-hydrogen) atoms. The maximum atomic E-state index is 5.91. The maximum Gasteiger partial charge on any atom is 0.0292 e. The topological polar surface area (TPSA) is 26.0 Å². The van der Waals surface area contributed by atoms with Crippen LogP contribution >= 0.6 is 24.2 Å². The van der Waals surface area contributed by atoms with Gasteiger partial charge in [0.15, 0.2) is 0 Å². The molecule has 0 unspecified atom stereocenters. The van der Waals surface area contributed by atoms with E-state index in [0.29, 0.717) is 0 Å². The Morgan fingerprint density at radius 2 is 1.79 bits per heavy atom. The number of benzene rings is 1. The molecule has 0 aromatic heterocycles. The van der Waals surface area contributed by atoms with E-state index < -0.39 is 0 Å². The number of hydrogen-bond acceptors (Lipinski definition) is 2. The molecule has 3 heteroatoms. The molecule has 0 aliphatic rings. The van der Waals surface area contributed by atoms with Crippen LogP contribution in [0.4, 0.5) is 0 Å². The van der Waals surface area contributed by atoms with Gasteiger partial charge in [0.25, 0.3) is 0 Å². The second kappa shape index (κ2) is 7.16. The monoisotopic (exact) mass is 231 g/mol. The minimum absolute atomic E-state index is 0. The first kappa shape index (κ1) is 13.8. The van der Waals surface area contributed by atoms with Crippen LogP contribution in [0.25, 0.3) is 0 Å². The number of halogens is 1. The van der Waals surface area contributed by atoms with Crippen LogP contribution in [0.15, 0.2) is 29.2 Å². The first-order valence-corrected chi connectivity index (χ1v) is 5.74. The van der Waals surface area contributed by atoms with Crippen LogP contribution in [-0.4, -0.2) is 5.75 Å². The predicted molar refractivity (Wildman–Crippen MR) is 67.3 cm³/mol. The zero-order chi connectivity index (χ0) is 9.68. The molecule has 2 N–H and O–H groups in total. The lowest BCUT2D eigenvalue weighted by molar-refractivity contribution is 0.698. The fourth-order valence-electron chi connectivity index (χ4n) is 1.21. The molecule has 1 atom stereocenters. The molecule has 1 aromatic carbocycles. The first-order valence-electron chi connectivity index (χ1n) is 4.76. The van der Waals surface area contributed by atoms with Crippen LogP contribution in [0, 0.1) is 0 Å². The van der Waals surface area contributed by atoms with Crippen LogP contribution in [0.1, 0.15) is 31.9 Å². The molecule has 80 valence electrons. The van der Waals surface area contributed by atoms with Crippen LogP contribution < -0.4 is 5.73 Å². The van der Waals surface area contributed by atoms with Crippen molar-refractivity contribution in [1.29, 1.82) is 0 Å². The molecule has 0 heterocycles. The van der Waals surface area contributed by atoms with Crippen molar-refractivity contribution in [3.63, 3.8) is 0 Å². The molecule has 0 bridgehead atoms. The van der Waals surface area contributed by atoms with E-state index in [-0.39, 0.29) is 18.4 Å². The second-order valence-corrected chi connectivity index (χ2v) is 4.35. The van der Waals surface area contributed by atoms with Crippen LogP contribution in [0.3, 0.4) is 0 Å². The summed E-state index contributed by atoms with van der Waals surface area (Å²) in [6, 6.07) is 8.76. The lowest BCUT2D eigenvalue weighted by Gasteiger charge is -2.09. The van der Waals surface area contributed by atoms with Crippen LogP contribution in [-0.2, 0) is 0 Å². The molecule has 0 aliphatic carbocycles. The summed E-state index contributed by atoms with van der Waals surface area (Å²) in [5.74, 6) is 1.12. The fourth-order valence-corrected chi connectivity index (χ4v) is 1.88. The van der Waals surface area contributed by atoms with Crippen LogP contribution in [0.5, 0.6) is 0 Å². The average molecular weight is 232 g/mol. The summed E-state index contributed by atoms with van der Waals surface area (Å²) in [6.45, 7) is 4.27. The molecule has 0 saturated heterocycles. The third kappa shape index (κ3) is 3.91. The van der Waals surface area contributed by atoms with Gasteiger partial charge in [-0.05, 0) is 29.9 Å². The van der Waals surface area contributed by atoms with E-state index in [1.54, 1.807) is 0 Å². The highest BCUT2D eigenvalue weighted by molar-refractivity contribution is 7.99. The summed E-state index contributed by atoms with van der Waals surface area (Å²) in [5.41, 5.74) is 7.15. The maximum absolute atomic E-state index is 5.91. The third-order valence-electron chi connectivity index (χ3n) is 2.06. The van der Waals surface area contributed by atoms with Gasteiger partial charge in [-0.2, -0.15) is 0 Å². The van der Waals surface area contributed by atoms with E-state index in [4.69, 9.17) is 5.73 Å². The van der Waals surface area contributed by atoms with E-state index in [1.807, 2.05) is 11.8 Å². The number of hydrogen-bond donors (Lipinski definition) is 1. The molecular formula is C11H18ClNS. The van der Waals surface area contributed by atoms with Gasteiger partial charge in [-0.3, -0.25) is 0 Å². The Balaban J connectivity index is 0.00000169. The van der Waals surface area contributed by atoms with Gasteiger partial charge in [-0.25, -0.2) is 0 Å². The fraction of sp³-hybridized carbons (Fsp3) is 0.455. The Bertz CT molecular complexity index is 248. The summed E-state index contributed by atoms with van der Waals surface area (Å²) in [5, 5.41) is 0. The van der Waals surface area contributed by atoms with Gasteiger partial charge < -0.3 is 5.73 Å². The first-order chi connectivity index (χ1) is 6.27. The van der Waals surface area contributed by atoms with Gasteiger partial charge in [-0.1, -0.05) is 26.0 Å². The Morgan fingerprint density at radius 1 is 1.21 bits per heavy atom. The van der Waals surface area contributed by atoms with Crippen molar-refractivity contribution in [2.45, 2.75) is 31.2 Å². The largest absolute Gasteiger partial charge is 0.324 e. The molecule has 0 aliphatic heterocycles. The van der Waals surface area contributed by atoms with Gasteiger partial charge in [0.2, 0.25) is 0 Å². The predicted octanol–water partition coefficient (Wildman–Crippen LogP) is 3.63. The Morgan fingerprint density at radius 3 is 2.21 bits per heavy atom. The SMILES string of the molecule is CCSc1ccc([C@H](N)CC)cc1.Cl. The molecule has 0 amide bonds. The molecule has 0 fully saturated rings. The number of rotatable bonds is 4. The van der Waals surface area contributed by atoms with Crippen molar-refractivity contribution >= 4 is 24.2 Å². The van der Waals surface area contributed by atoms with Gasteiger partial charge in [0.05, 0.1) is 0 Å². The normalized spacial score (nSPS) is 11.9. The van der Waals surface area contributed by atoms with Crippen molar-refractivity contribution in [2.24, 2.45) is 5.73 Å². The van der Waals surface area contributed by atoms with Crippen molar-refractivity contribution in [3.8, 4) is 0 Å². The average Bonchev–Trinajstić information content (AvgIpc) is 2.18. The third-order valence-corrected chi connectivity index (χ3v) is 2.95. The quantitative estimate of drug-likeness (QED) is 0.801. The highest BCUT2D eigenvalue weighted by atomic mass is 35.5. The Labute approximate surface area is 96.9 Å². The minimum atomic E-state index is 0. The highest BCUT2D eigenvalue weighted by Gasteiger charge is 2.01. The Kier molecular flexibility index (Phi) is 7.06. The van der Waals surface area contributed by atoms with E-state index in [0.717, 1.165) is 12.2 Å². The van der Waals surface area contributed by atoms with Gasteiger partial charge in [0.1, 0.15) is 0 Å².